The molecule has 2 aromatic heterocycles. The van der Waals surface area contributed by atoms with E-state index in [9.17, 15) is 18.0 Å². The quantitative estimate of drug-likeness (QED) is 0.423. The monoisotopic (exact) mass is 414 g/mol. The Kier molecular flexibility index (Phi) is 4.60. The van der Waals surface area contributed by atoms with Crippen LogP contribution in [-0.4, -0.2) is 47.3 Å². The summed E-state index contributed by atoms with van der Waals surface area (Å²) >= 11 is 2.71. The van der Waals surface area contributed by atoms with Crippen LogP contribution in [0.3, 0.4) is 0 Å². The Bertz CT molecular complexity index is 1050. The Balaban J connectivity index is 1.48. The van der Waals surface area contributed by atoms with Gasteiger partial charge in [-0.25, -0.2) is 13.4 Å². The van der Waals surface area contributed by atoms with Crippen molar-refractivity contribution in [1.29, 1.82) is 0 Å². The molecule has 10 heteroatoms. The molecule has 3 heterocycles. The van der Waals surface area contributed by atoms with E-state index in [1.54, 1.807) is 18.4 Å². The summed E-state index contributed by atoms with van der Waals surface area (Å²) in [5, 5.41) is 1.19. The van der Waals surface area contributed by atoms with Crippen LogP contribution >= 0.6 is 23.1 Å². The zero-order chi connectivity index (χ0) is 18.5. The fourth-order valence-corrected chi connectivity index (χ4v) is 7.08. The van der Waals surface area contributed by atoms with Gasteiger partial charge in [0.2, 0.25) is 0 Å². The number of nitrogens with zero attached hydrogens (tertiary/aromatic N) is 2. The number of thiophene rings is 1. The highest BCUT2D eigenvalue weighted by Crippen LogP contribution is 2.35. The van der Waals surface area contributed by atoms with Crippen LogP contribution in [0.15, 0.2) is 9.95 Å². The van der Waals surface area contributed by atoms with Gasteiger partial charge in [0.15, 0.2) is 15.0 Å². The van der Waals surface area contributed by atoms with Gasteiger partial charge in [-0.2, -0.15) is 0 Å². The Hall–Kier alpha value is -1.39. The Morgan fingerprint density at radius 3 is 2.96 bits per heavy atom. The van der Waals surface area contributed by atoms with Gasteiger partial charge in [0.1, 0.15) is 10.9 Å². The van der Waals surface area contributed by atoms with E-state index < -0.39 is 21.9 Å². The minimum Gasteiger partial charge on any atom is -0.461 e. The minimum atomic E-state index is -3.08. The van der Waals surface area contributed by atoms with Crippen LogP contribution < -0.4 is 5.56 Å². The van der Waals surface area contributed by atoms with E-state index in [-0.39, 0.29) is 22.8 Å². The molecule has 1 aliphatic carbocycles. The lowest BCUT2D eigenvalue weighted by Crippen LogP contribution is -2.22. The maximum Gasteiger partial charge on any atom is 0.316 e. The number of esters is 1. The predicted octanol–water partition coefficient (Wildman–Crippen LogP) is 1.31. The normalized spacial score (nSPS) is 21.2. The van der Waals surface area contributed by atoms with E-state index in [4.69, 9.17) is 4.74 Å². The number of thioether (sulfide) groups is 1. The van der Waals surface area contributed by atoms with E-state index in [0.29, 0.717) is 17.0 Å². The van der Waals surface area contributed by atoms with Crippen molar-refractivity contribution in [3.05, 3.63) is 20.8 Å². The van der Waals surface area contributed by atoms with Gasteiger partial charge in [-0.05, 0) is 31.2 Å². The molecule has 1 atom stereocenters. The molecule has 1 aliphatic heterocycles. The van der Waals surface area contributed by atoms with Gasteiger partial charge in [-0.1, -0.05) is 11.8 Å². The third kappa shape index (κ3) is 3.29. The number of carbonyl (C=O) groups excluding carboxylic acids is 1. The number of rotatable bonds is 4. The zero-order valence-corrected chi connectivity index (χ0v) is 16.6. The van der Waals surface area contributed by atoms with E-state index in [2.05, 4.69) is 4.98 Å². The summed E-state index contributed by atoms with van der Waals surface area (Å²) in [6.45, 7) is 0. The lowest BCUT2D eigenvalue weighted by Gasteiger charge is -2.11. The number of sulfone groups is 1. The summed E-state index contributed by atoms with van der Waals surface area (Å²) in [4.78, 5) is 31.2. The third-order valence-electron chi connectivity index (χ3n) is 4.71. The number of aryl methyl sites for hydroxylation is 2. The van der Waals surface area contributed by atoms with Crippen molar-refractivity contribution in [3.63, 3.8) is 0 Å². The highest BCUT2D eigenvalue weighted by molar-refractivity contribution is 7.99. The molecule has 0 amide bonds. The average Bonchev–Trinajstić information content (AvgIpc) is 3.23. The zero-order valence-electron chi connectivity index (χ0n) is 14.2. The van der Waals surface area contributed by atoms with Crippen molar-refractivity contribution in [2.75, 3.05) is 17.3 Å². The smallest absolute Gasteiger partial charge is 0.316 e. The van der Waals surface area contributed by atoms with Crippen LogP contribution in [0.2, 0.25) is 0 Å². The van der Waals surface area contributed by atoms with Gasteiger partial charge in [-0.3, -0.25) is 14.2 Å². The lowest BCUT2D eigenvalue weighted by molar-refractivity contribution is -0.144. The Morgan fingerprint density at radius 1 is 1.42 bits per heavy atom. The van der Waals surface area contributed by atoms with Gasteiger partial charge in [0.05, 0.1) is 22.6 Å². The van der Waals surface area contributed by atoms with E-state index in [1.807, 2.05) is 0 Å². The highest BCUT2D eigenvalue weighted by Gasteiger charge is 2.30. The van der Waals surface area contributed by atoms with E-state index in [0.717, 1.165) is 41.4 Å². The standard InChI is InChI=1S/C16H18N2O5S3/c1-18-15(20)13-10-3-2-4-11(10)25-14(13)17-16(18)24-7-12(19)23-9-5-6-26(21,22)8-9/h9H,2-8H2,1H3/t9-/m0/s1. The van der Waals surface area contributed by atoms with Gasteiger partial charge < -0.3 is 4.74 Å². The molecule has 0 aromatic carbocycles. The number of ether oxygens (including phenoxy) is 1. The fraction of sp³-hybridized carbons (Fsp3) is 0.562. The maximum atomic E-state index is 12.7. The van der Waals surface area contributed by atoms with Crippen molar-refractivity contribution in [1.82, 2.24) is 9.55 Å². The van der Waals surface area contributed by atoms with Gasteiger partial charge >= 0.3 is 5.97 Å². The Morgan fingerprint density at radius 2 is 2.23 bits per heavy atom. The maximum absolute atomic E-state index is 12.7. The van der Waals surface area contributed by atoms with Crippen LogP contribution in [0.5, 0.6) is 0 Å². The van der Waals surface area contributed by atoms with Crippen molar-refractivity contribution < 1.29 is 17.9 Å². The van der Waals surface area contributed by atoms with Crippen molar-refractivity contribution in [3.8, 4) is 0 Å². The molecule has 0 saturated carbocycles. The summed E-state index contributed by atoms with van der Waals surface area (Å²) in [6.07, 6.45) is 2.79. The van der Waals surface area contributed by atoms with Gasteiger partial charge in [0, 0.05) is 11.9 Å². The second kappa shape index (κ2) is 6.65. The summed E-state index contributed by atoms with van der Waals surface area (Å²) in [5.41, 5.74) is 1.06. The summed E-state index contributed by atoms with van der Waals surface area (Å²) in [7, 11) is -1.43. The van der Waals surface area contributed by atoms with Crippen molar-refractivity contribution >= 4 is 49.1 Å². The van der Waals surface area contributed by atoms with Crippen LogP contribution in [0.25, 0.3) is 10.2 Å². The molecule has 0 spiro atoms. The van der Waals surface area contributed by atoms with E-state index in [1.165, 1.54) is 9.44 Å². The first kappa shape index (κ1) is 18.0. The first-order valence-corrected chi connectivity index (χ1v) is 12.0. The summed E-state index contributed by atoms with van der Waals surface area (Å²) < 4.78 is 29.6. The second-order valence-corrected chi connectivity index (χ2v) is 10.9. The second-order valence-electron chi connectivity index (χ2n) is 6.60. The van der Waals surface area contributed by atoms with Crippen LogP contribution in [0.1, 0.15) is 23.3 Å². The molecule has 2 aliphatic rings. The molecule has 2 aromatic rings. The van der Waals surface area contributed by atoms with Crippen LogP contribution in [-0.2, 0) is 39.3 Å². The first-order valence-electron chi connectivity index (χ1n) is 8.38. The van der Waals surface area contributed by atoms with E-state index >= 15 is 0 Å². The molecule has 7 nitrogen and oxygen atoms in total. The first-order chi connectivity index (χ1) is 12.3. The summed E-state index contributed by atoms with van der Waals surface area (Å²) in [6, 6.07) is 0. The molecule has 140 valence electrons. The number of hydrogen-bond donors (Lipinski definition) is 0. The molecule has 0 radical (unpaired) electrons. The van der Waals surface area contributed by atoms with Crippen molar-refractivity contribution in [2.45, 2.75) is 36.9 Å². The fourth-order valence-electron chi connectivity index (χ4n) is 3.43. The number of fused-ring (bicyclic) bond motifs is 3. The SMILES string of the molecule is Cn1c(SCC(=O)O[C@H]2CCS(=O)(=O)C2)nc2sc3c(c2c1=O)CCC3. The number of aromatic nitrogens is 2. The van der Waals surface area contributed by atoms with Crippen molar-refractivity contribution in [2.24, 2.45) is 7.05 Å². The predicted molar refractivity (Wildman–Crippen MR) is 101 cm³/mol. The largest absolute Gasteiger partial charge is 0.461 e. The number of carbonyl (C=O) groups is 1. The molecule has 0 N–H and O–H groups in total. The molecule has 4 rings (SSSR count). The Labute approximate surface area is 158 Å². The summed E-state index contributed by atoms with van der Waals surface area (Å²) in [5.74, 6) is -0.533. The van der Waals surface area contributed by atoms with Gasteiger partial charge in [-0.15, -0.1) is 11.3 Å². The third-order valence-corrected chi connectivity index (χ3v) is 8.64. The van der Waals surface area contributed by atoms with Crippen LogP contribution in [0, 0.1) is 0 Å². The van der Waals surface area contributed by atoms with Crippen LogP contribution in [0.4, 0.5) is 0 Å². The lowest BCUT2D eigenvalue weighted by atomic mass is 10.2. The topological polar surface area (TPSA) is 95.3 Å². The average molecular weight is 415 g/mol. The molecule has 0 bridgehead atoms. The molecule has 26 heavy (non-hydrogen) atoms. The highest BCUT2D eigenvalue weighted by atomic mass is 32.2. The molecular formula is C16H18N2O5S3. The molecule has 0 unspecified atom stereocenters. The molecule has 1 fully saturated rings. The number of hydrogen-bond acceptors (Lipinski definition) is 8. The minimum absolute atomic E-state index is 0.00652. The molecular weight excluding hydrogens is 396 g/mol. The molecule has 1 saturated heterocycles. The van der Waals surface area contributed by atoms with Gasteiger partial charge in [0.25, 0.3) is 5.56 Å².